The number of pyridine rings is 1. The van der Waals surface area contributed by atoms with Gasteiger partial charge in [0, 0.05) is 13.1 Å². The summed E-state index contributed by atoms with van der Waals surface area (Å²) in [6.45, 7) is 8.49. The van der Waals surface area contributed by atoms with E-state index in [0.717, 1.165) is 37.7 Å². The Bertz CT molecular complexity index is 283. The molecular weight excluding hydrogens is 202 g/mol. The van der Waals surface area contributed by atoms with Crippen molar-refractivity contribution in [3.8, 4) is 5.75 Å². The highest BCUT2D eigenvalue weighted by atomic mass is 16.5. The molecule has 0 aromatic carbocycles. The second-order valence-corrected chi connectivity index (χ2v) is 3.54. The zero-order valence-electron chi connectivity index (χ0n) is 10.4. The number of methoxy groups -OCH3 is 1. The highest BCUT2D eigenvalue weighted by molar-refractivity contribution is 5.37. The summed E-state index contributed by atoms with van der Waals surface area (Å²) in [4.78, 5) is 6.61. The van der Waals surface area contributed by atoms with Gasteiger partial charge in [-0.1, -0.05) is 13.8 Å². The van der Waals surface area contributed by atoms with Gasteiger partial charge < -0.3 is 15.0 Å². The van der Waals surface area contributed by atoms with Gasteiger partial charge in [0.1, 0.15) is 11.6 Å². The predicted octanol–water partition coefficient (Wildman–Crippen LogP) is 1.84. The number of nitrogens with zero attached hydrogens (tertiary/aromatic N) is 2. The molecule has 0 aliphatic carbocycles. The van der Waals surface area contributed by atoms with Crippen molar-refractivity contribution in [1.29, 1.82) is 0 Å². The molecule has 0 spiro atoms. The molecule has 0 bridgehead atoms. The summed E-state index contributed by atoms with van der Waals surface area (Å²) in [5.74, 6) is 1.68. The average molecular weight is 223 g/mol. The van der Waals surface area contributed by atoms with Gasteiger partial charge in [-0.15, -0.1) is 0 Å². The minimum absolute atomic E-state index is 0.786. The number of likely N-dealkylation sites (N-methyl/N-ethyl adjacent to an activating group) is 1. The molecule has 1 aromatic heterocycles. The lowest BCUT2D eigenvalue weighted by atomic mass is 10.4. The van der Waals surface area contributed by atoms with Crippen molar-refractivity contribution in [3.63, 3.8) is 0 Å². The zero-order valence-corrected chi connectivity index (χ0v) is 10.4. The molecule has 1 heterocycles. The van der Waals surface area contributed by atoms with E-state index in [1.54, 1.807) is 13.3 Å². The van der Waals surface area contributed by atoms with E-state index in [1.165, 1.54) is 0 Å². The van der Waals surface area contributed by atoms with Crippen LogP contribution in [-0.2, 0) is 0 Å². The first-order chi connectivity index (χ1) is 7.80. The number of rotatable bonds is 7. The van der Waals surface area contributed by atoms with Crippen LogP contribution in [0.1, 0.15) is 13.8 Å². The van der Waals surface area contributed by atoms with Gasteiger partial charge >= 0.3 is 0 Å². The van der Waals surface area contributed by atoms with Gasteiger partial charge in [-0.25, -0.2) is 4.98 Å². The summed E-state index contributed by atoms with van der Waals surface area (Å²) in [6.07, 6.45) is 1.72. The second-order valence-electron chi connectivity index (χ2n) is 3.54. The first kappa shape index (κ1) is 12.8. The molecule has 0 fully saturated rings. The minimum Gasteiger partial charge on any atom is -0.495 e. The van der Waals surface area contributed by atoms with E-state index in [0.29, 0.717) is 0 Å². The highest BCUT2D eigenvalue weighted by Gasteiger charge is 1.99. The predicted molar refractivity (Wildman–Crippen MR) is 67.1 cm³/mol. The molecule has 16 heavy (non-hydrogen) atoms. The van der Waals surface area contributed by atoms with Gasteiger partial charge in [0.15, 0.2) is 0 Å². The van der Waals surface area contributed by atoms with Crippen LogP contribution in [-0.4, -0.2) is 43.2 Å². The van der Waals surface area contributed by atoms with Crippen LogP contribution in [0.4, 0.5) is 5.82 Å². The fraction of sp³-hybridized carbons (Fsp3) is 0.583. The molecule has 90 valence electrons. The summed E-state index contributed by atoms with van der Waals surface area (Å²) in [5, 5.41) is 3.29. The second kappa shape index (κ2) is 7.06. The molecule has 0 aliphatic rings. The standard InChI is InChI=1S/C12H21N3O/c1-4-15(5-2)9-8-13-12-7-6-11(16-3)10-14-12/h6-7,10H,4-5,8-9H2,1-3H3,(H,13,14). The van der Waals surface area contributed by atoms with Crippen LogP contribution in [0.15, 0.2) is 18.3 Å². The molecule has 0 radical (unpaired) electrons. The van der Waals surface area contributed by atoms with Gasteiger partial charge in [0.25, 0.3) is 0 Å². The van der Waals surface area contributed by atoms with Crippen molar-refractivity contribution in [2.75, 3.05) is 38.6 Å². The summed E-state index contributed by atoms with van der Waals surface area (Å²) in [7, 11) is 1.64. The third kappa shape index (κ3) is 4.06. The van der Waals surface area contributed by atoms with Crippen molar-refractivity contribution >= 4 is 5.82 Å². The normalized spacial score (nSPS) is 10.5. The Morgan fingerprint density at radius 3 is 2.56 bits per heavy atom. The van der Waals surface area contributed by atoms with Crippen molar-refractivity contribution in [2.45, 2.75) is 13.8 Å². The molecule has 4 heteroatoms. The van der Waals surface area contributed by atoms with E-state index in [9.17, 15) is 0 Å². The zero-order chi connectivity index (χ0) is 11.8. The fourth-order valence-corrected chi connectivity index (χ4v) is 1.49. The molecule has 0 amide bonds. The third-order valence-corrected chi connectivity index (χ3v) is 2.60. The lowest BCUT2D eigenvalue weighted by Crippen LogP contribution is -2.28. The maximum absolute atomic E-state index is 5.05. The molecule has 1 aromatic rings. The lowest BCUT2D eigenvalue weighted by molar-refractivity contribution is 0.316. The van der Waals surface area contributed by atoms with Gasteiger partial charge in [-0.2, -0.15) is 0 Å². The van der Waals surface area contributed by atoms with Crippen LogP contribution in [0, 0.1) is 0 Å². The molecule has 0 saturated carbocycles. The Balaban J connectivity index is 2.31. The summed E-state index contributed by atoms with van der Waals surface area (Å²) < 4.78 is 5.05. The van der Waals surface area contributed by atoms with E-state index in [2.05, 4.69) is 29.0 Å². The van der Waals surface area contributed by atoms with Gasteiger partial charge in [-0.3, -0.25) is 0 Å². The summed E-state index contributed by atoms with van der Waals surface area (Å²) >= 11 is 0. The molecule has 0 aliphatic heterocycles. The fourth-order valence-electron chi connectivity index (χ4n) is 1.49. The number of hydrogen-bond donors (Lipinski definition) is 1. The summed E-state index contributed by atoms with van der Waals surface area (Å²) in [6, 6.07) is 3.84. The Morgan fingerprint density at radius 2 is 2.06 bits per heavy atom. The van der Waals surface area contributed by atoms with Gasteiger partial charge in [-0.05, 0) is 25.2 Å². The molecule has 0 saturated heterocycles. The number of aromatic nitrogens is 1. The van der Waals surface area contributed by atoms with E-state index in [1.807, 2.05) is 12.1 Å². The van der Waals surface area contributed by atoms with Crippen LogP contribution >= 0.6 is 0 Å². The van der Waals surface area contributed by atoms with Crippen LogP contribution in [0.3, 0.4) is 0 Å². The topological polar surface area (TPSA) is 37.4 Å². The number of nitrogens with one attached hydrogen (secondary N) is 1. The Labute approximate surface area is 97.6 Å². The first-order valence-corrected chi connectivity index (χ1v) is 5.76. The van der Waals surface area contributed by atoms with Crippen molar-refractivity contribution in [3.05, 3.63) is 18.3 Å². The molecule has 0 unspecified atom stereocenters. The minimum atomic E-state index is 0.786. The van der Waals surface area contributed by atoms with Gasteiger partial charge in [0.05, 0.1) is 13.3 Å². The van der Waals surface area contributed by atoms with Crippen molar-refractivity contribution in [1.82, 2.24) is 9.88 Å². The maximum atomic E-state index is 5.05. The van der Waals surface area contributed by atoms with E-state index in [4.69, 9.17) is 4.74 Å². The van der Waals surface area contributed by atoms with E-state index in [-0.39, 0.29) is 0 Å². The Kier molecular flexibility index (Phi) is 5.64. The lowest BCUT2D eigenvalue weighted by Gasteiger charge is -2.18. The van der Waals surface area contributed by atoms with Gasteiger partial charge in [0.2, 0.25) is 0 Å². The van der Waals surface area contributed by atoms with Crippen LogP contribution in [0.5, 0.6) is 5.75 Å². The molecule has 4 nitrogen and oxygen atoms in total. The maximum Gasteiger partial charge on any atom is 0.137 e. The smallest absolute Gasteiger partial charge is 0.137 e. The number of hydrogen-bond acceptors (Lipinski definition) is 4. The van der Waals surface area contributed by atoms with Crippen molar-refractivity contribution in [2.24, 2.45) is 0 Å². The first-order valence-electron chi connectivity index (χ1n) is 5.76. The molecule has 0 atom stereocenters. The average Bonchev–Trinajstić information content (AvgIpc) is 2.35. The highest BCUT2D eigenvalue weighted by Crippen LogP contribution is 2.10. The van der Waals surface area contributed by atoms with Crippen LogP contribution in [0.2, 0.25) is 0 Å². The largest absolute Gasteiger partial charge is 0.495 e. The number of anilines is 1. The van der Waals surface area contributed by atoms with E-state index >= 15 is 0 Å². The SMILES string of the molecule is CCN(CC)CCNc1ccc(OC)cn1. The van der Waals surface area contributed by atoms with Crippen molar-refractivity contribution < 1.29 is 4.74 Å². The molecular formula is C12H21N3O. The third-order valence-electron chi connectivity index (χ3n) is 2.60. The molecule has 1 N–H and O–H groups in total. The quantitative estimate of drug-likeness (QED) is 0.765. The van der Waals surface area contributed by atoms with Crippen LogP contribution in [0.25, 0.3) is 0 Å². The Hall–Kier alpha value is -1.29. The summed E-state index contributed by atoms with van der Waals surface area (Å²) in [5.41, 5.74) is 0. The van der Waals surface area contributed by atoms with Crippen LogP contribution < -0.4 is 10.1 Å². The van der Waals surface area contributed by atoms with E-state index < -0.39 is 0 Å². The monoisotopic (exact) mass is 223 g/mol. The Morgan fingerprint density at radius 1 is 1.31 bits per heavy atom. The molecule has 1 rings (SSSR count). The number of ether oxygens (including phenoxy) is 1.